The van der Waals surface area contributed by atoms with Crippen molar-refractivity contribution in [3.05, 3.63) is 107 Å². The third-order valence-corrected chi connectivity index (χ3v) is 6.35. The molecule has 0 saturated heterocycles. The topological polar surface area (TPSA) is 0 Å². The molecule has 0 bridgehead atoms. The predicted octanol–water partition coefficient (Wildman–Crippen LogP) is 7.01. The highest BCUT2D eigenvalue weighted by Crippen LogP contribution is 2.41. The Hall–Kier alpha value is -2.34. The first-order valence-electron chi connectivity index (χ1n) is 9.91. The van der Waals surface area contributed by atoms with E-state index in [0.717, 1.165) is 5.92 Å². The van der Waals surface area contributed by atoms with Gasteiger partial charge in [0.15, 0.2) is 0 Å². The van der Waals surface area contributed by atoms with Crippen molar-refractivity contribution in [3.63, 3.8) is 0 Å². The number of hydrogen-bond donors (Lipinski definition) is 0. The number of hydrogen-bond acceptors (Lipinski definition) is 0. The smallest absolute Gasteiger partial charge is 0.0425 e. The first-order valence-corrected chi connectivity index (χ1v) is 9.91. The van der Waals surface area contributed by atoms with E-state index in [2.05, 4.69) is 92.7 Å². The summed E-state index contributed by atoms with van der Waals surface area (Å²) in [6, 6.07) is 29.2. The molecule has 0 amide bonds. The molecule has 0 heterocycles. The molecule has 3 aromatic carbocycles. The summed E-state index contributed by atoms with van der Waals surface area (Å²) < 4.78 is 0. The van der Waals surface area contributed by atoms with Crippen molar-refractivity contribution in [2.75, 3.05) is 0 Å². The van der Waals surface area contributed by atoms with Gasteiger partial charge in [-0.05, 0) is 60.4 Å². The van der Waals surface area contributed by atoms with Crippen molar-refractivity contribution in [1.82, 2.24) is 0 Å². The zero-order chi connectivity index (χ0) is 18.0. The highest BCUT2D eigenvalue weighted by molar-refractivity contribution is 5.52. The fourth-order valence-corrected chi connectivity index (χ4v) is 4.73. The average molecular weight is 341 g/mol. The second-order valence-electron chi connectivity index (χ2n) is 7.91. The van der Waals surface area contributed by atoms with Crippen molar-refractivity contribution < 1.29 is 0 Å². The largest absolute Gasteiger partial charge is 0.0622 e. The van der Waals surface area contributed by atoms with E-state index in [0.29, 0.717) is 0 Å². The maximum atomic E-state index is 2.38. The summed E-state index contributed by atoms with van der Waals surface area (Å²) >= 11 is 0. The van der Waals surface area contributed by atoms with Crippen LogP contribution in [-0.4, -0.2) is 0 Å². The van der Waals surface area contributed by atoms with E-state index in [9.17, 15) is 0 Å². The van der Waals surface area contributed by atoms with Crippen LogP contribution in [0.5, 0.6) is 0 Å². The molecule has 1 saturated carbocycles. The van der Waals surface area contributed by atoms with Crippen LogP contribution in [0.1, 0.15) is 66.3 Å². The molecule has 3 aromatic rings. The zero-order valence-electron chi connectivity index (χ0n) is 15.9. The molecule has 1 aliphatic rings. The van der Waals surface area contributed by atoms with Gasteiger partial charge in [0.1, 0.15) is 0 Å². The first kappa shape index (κ1) is 17.1. The van der Waals surface area contributed by atoms with Crippen LogP contribution in [-0.2, 0) is 5.41 Å². The molecular weight excluding hydrogens is 312 g/mol. The first-order chi connectivity index (χ1) is 12.7. The van der Waals surface area contributed by atoms with E-state index in [4.69, 9.17) is 0 Å². The van der Waals surface area contributed by atoms with E-state index in [1.165, 1.54) is 53.5 Å². The normalized spacial score (nSPS) is 17.2. The quantitative estimate of drug-likeness (QED) is 0.448. The van der Waals surface area contributed by atoms with Gasteiger partial charge in [-0.15, -0.1) is 0 Å². The summed E-state index contributed by atoms with van der Waals surface area (Å²) in [5, 5.41) is 0. The van der Waals surface area contributed by atoms with Gasteiger partial charge < -0.3 is 0 Å². The molecule has 0 aliphatic heterocycles. The average Bonchev–Trinajstić information content (AvgIpc) is 3.23. The lowest BCUT2D eigenvalue weighted by Gasteiger charge is -2.33. The Morgan fingerprint density at radius 1 is 0.692 bits per heavy atom. The van der Waals surface area contributed by atoms with E-state index in [1.807, 2.05) is 0 Å². The minimum atomic E-state index is -0.138. The van der Waals surface area contributed by atoms with E-state index >= 15 is 0 Å². The van der Waals surface area contributed by atoms with Crippen LogP contribution in [0, 0.1) is 6.92 Å². The molecule has 1 aliphatic carbocycles. The molecule has 0 radical (unpaired) electrons. The molecule has 0 aromatic heterocycles. The Labute approximate surface area is 157 Å². The van der Waals surface area contributed by atoms with Gasteiger partial charge in [0.2, 0.25) is 0 Å². The lowest BCUT2D eigenvalue weighted by atomic mass is 9.69. The van der Waals surface area contributed by atoms with Gasteiger partial charge >= 0.3 is 0 Å². The molecule has 1 unspecified atom stereocenters. The maximum Gasteiger partial charge on any atom is 0.0425 e. The summed E-state index contributed by atoms with van der Waals surface area (Å²) in [6.45, 7) is 4.60. The molecule has 0 heteroatoms. The number of aryl methyl sites for hydroxylation is 1. The van der Waals surface area contributed by atoms with Gasteiger partial charge in [0.05, 0.1) is 0 Å². The van der Waals surface area contributed by atoms with Crippen molar-refractivity contribution in [2.24, 2.45) is 0 Å². The van der Waals surface area contributed by atoms with E-state index in [-0.39, 0.29) is 5.41 Å². The van der Waals surface area contributed by atoms with Gasteiger partial charge in [-0.3, -0.25) is 0 Å². The van der Waals surface area contributed by atoms with Crippen molar-refractivity contribution in [2.45, 2.75) is 50.9 Å². The second-order valence-corrected chi connectivity index (χ2v) is 7.91. The van der Waals surface area contributed by atoms with Crippen LogP contribution < -0.4 is 0 Å². The van der Waals surface area contributed by atoms with Gasteiger partial charge in [-0.1, -0.05) is 91.7 Å². The molecule has 4 rings (SSSR count). The molecule has 0 spiro atoms. The zero-order valence-corrected chi connectivity index (χ0v) is 15.9. The van der Waals surface area contributed by atoms with E-state index < -0.39 is 0 Å². The van der Waals surface area contributed by atoms with Crippen LogP contribution in [0.4, 0.5) is 0 Å². The predicted molar refractivity (Wildman–Crippen MR) is 111 cm³/mol. The Morgan fingerprint density at radius 2 is 1.27 bits per heavy atom. The third kappa shape index (κ3) is 2.98. The second kappa shape index (κ2) is 7.11. The summed E-state index contributed by atoms with van der Waals surface area (Å²) in [5.74, 6) is 0.769. The molecule has 1 atom stereocenters. The maximum absolute atomic E-state index is 2.38. The standard InChI is InChI=1S/C26H28/c1-20-10-6-9-15-25(20)26(2,23-13-4-3-5-14-23)24-18-16-22(17-19-24)21-11-7-8-12-21/h3-6,9-10,13-19,21H,7-8,11-12H2,1-2H3. The Balaban J connectivity index is 1.82. The fraction of sp³-hybridized carbons (Fsp3) is 0.308. The molecule has 26 heavy (non-hydrogen) atoms. The Morgan fingerprint density at radius 3 is 1.92 bits per heavy atom. The molecule has 132 valence electrons. The van der Waals surface area contributed by atoms with Crippen LogP contribution in [0.15, 0.2) is 78.9 Å². The van der Waals surface area contributed by atoms with Crippen molar-refractivity contribution in [3.8, 4) is 0 Å². The highest BCUT2D eigenvalue weighted by Gasteiger charge is 2.32. The van der Waals surface area contributed by atoms with Gasteiger partial charge in [-0.25, -0.2) is 0 Å². The molecular formula is C26H28. The van der Waals surface area contributed by atoms with Crippen molar-refractivity contribution >= 4 is 0 Å². The number of rotatable bonds is 4. The Bertz CT molecular complexity index is 854. The molecule has 1 fully saturated rings. The lowest BCUT2D eigenvalue weighted by Crippen LogP contribution is -2.26. The number of benzene rings is 3. The fourth-order valence-electron chi connectivity index (χ4n) is 4.73. The summed E-state index contributed by atoms with van der Waals surface area (Å²) in [4.78, 5) is 0. The SMILES string of the molecule is Cc1ccccc1C(C)(c1ccccc1)c1ccc(C2CCCC2)cc1. The molecule has 0 nitrogen and oxygen atoms in total. The summed E-state index contributed by atoms with van der Waals surface area (Å²) in [5.41, 5.74) is 6.84. The van der Waals surface area contributed by atoms with Gasteiger partial charge in [0, 0.05) is 5.41 Å². The summed E-state index contributed by atoms with van der Waals surface area (Å²) in [7, 11) is 0. The van der Waals surface area contributed by atoms with E-state index in [1.54, 1.807) is 0 Å². The van der Waals surface area contributed by atoms with Crippen LogP contribution in [0.3, 0.4) is 0 Å². The monoisotopic (exact) mass is 340 g/mol. The van der Waals surface area contributed by atoms with Crippen LogP contribution in [0.2, 0.25) is 0 Å². The lowest BCUT2D eigenvalue weighted by molar-refractivity contribution is 0.682. The van der Waals surface area contributed by atoms with Gasteiger partial charge in [-0.2, -0.15) is 0 Å². The van der Waals surface area contributed by atoms with Crippen molar-refractivity contribution in [1.29, 1.82) is 0 Å². The van der Waals surface area contributed by atoms with Crippen LogP contribution >= 0.6 is 0 Å². The van der Waals surface area contributed by atoms with Gasteiger partial charge in [0.25, 0.3) is 0 Å². The van der Waals surface area contributed by atoms with Crippen LogP contribution in [0.25, 0.3) is 0 Å². The molecule has 0 N–H and O–H groups in total. The minimum absolute atomic E-state index is 0.138. The third-order valence-electron chi connectivity index (χ3n) is 6.35. The summed E-state index contributed by atoms with van der Waals surface area (Å²) in [6.07, 6.45) is 5.48. The highest BCUT2D eigenvalue weighted by atomic mass is 14.3. The Kier molecular flexibility index (Phi) is 4.68. The minimum Gasteiger partial charge on any atom is -0.0622 e.